The maximum atomic E-state index is 5.96. The minimum atomic E-state index is 0.347. The number of rotatable bonds is 11. The van der Waals surface area contributed by atoms with Crippen molar-refractivity contribution in [3.8, 4) is 0 Å². The second kappa shape index (κ2) is 12.1. The van der Waals surface area contributed by atoms with Crippen molar-refractivity contribution in [3.05, 3.63) is 35.2 Å². The number of aromatic nitrogens is 3. The van der Waals surface area contributed by atoms with E-state index in [4.69, 9.17) is 26.3 Å². The minimum absolute atomic E-state index is 0.347. The number of ether oxygens (including phenoxy) is 1. The van der Waals surface area contributed by atoms with Gasteiger partial charge in [0.05, 0.1) is 18.8 Å². The van der Waals surface area contributed by atoms with Crippen LogP contribution in [-0.4, -0.2) is 76.8 Å². The highest BCUT2D eigenvalue weighted by Gasteiger charge is 2.34. The summed E-state index contributed by atoms with van der Waals surface area (Å²) in [6.07, 6.45) is 9.75. The summed E-state index contributed by atoms with van der Waals surface area (Å²) < 4.78 is 5.25. The summed E-state index contributed by atoms with van der Waals surface area (Å²) in [4.78, 5) is 19.1. The van der Waals surface area contributed by atoms with Crippen molar-refractivity contribution in [1.82, 2.24) is 24.8 Å². The predicted molar refractivity (Wildman–Crippen MR) is 142 cm³/mol. The lowest BCUT2D eigenvalue weighted by molar-refractivity contribution is 0.0972. The number of nitrogens with zero attached hydrogens (tertiary/aromatic N) is 5. The molecule has 35 heavy (non-hydrogen) atoms. The predicted octanol–water partition coefficient (Wildman–Crippen LogP) is 4.22. The normalized spacial score (nSPS) is 27.1. The zero-order valence-corrected chi connectivity index (χ0v) is 21.9. The molecule has 5 heterocycles. The van der Waals surface area contributed by atoms with E-state index in [0.717, 1.165) is 31.9 Å². The molecule has 10 heteroatoms. The molecular weight excluding hydrogens is 464 g/mol. The van der Waals surface area contributed by atoms with Crippen LogP contribution in [0.25, 0.3) is 0 Å². The number of nitrogens with one attached hydrogen (secondary N) is 3. The summed E-state index contributed by atoms with van der Waals surface area (Å²) in [7, 11) is 1.57. The lowest BCUT2D eigenvalue weighted by atomic mass is 9.84. The Labute approximate surface area is 214 Å². The number of piperidine rings is 3. The molecule has 9 nitrogen and oxygen atoms in total. The Balaban J connectivity index is 1.50. The molecule has 0 radical (unpaired) electrons. The Kier molecular flexibility index (Phi) is 8.86. The summed E-state index contributed by atoms with van der Waals surface area (Å²) in [5.74, 6) is 2.84. The Morgan fingerprint density at radius 3 is 2.51 bits per heavy atom. The van der Waals surface area contributed by atoms with Crippen molar-refractivity contribution in [2.24, 2.45) is 5.92 Å². The highest BCUT2D eigenvalue weighted by molar-refractivity contribution is 6.31. The molecule has 2 atom stereocenters. The highest BCUT2D eigenvalue weighted by Crippen LogP contribution is 2.29. The van der Waals surface area contributed by atoms with Gasteiger partial charge in [-0.05, 0) is 70.2 Å². The molecule has 5 rings (SSSR count). The lowest BCUT2D eigenvalue weighted by Crippen LogP contribution is -2.53. The van der Waals surface area contributed by atoms with Crippen molar-refractivity contribution < 1.29 is 4.74 Å². The van der Waals surface area contributed by atoms with E-state index in [1.807, 2.05) is 13.0 Å². The van der Waals surface area contributed by atoms with Crippen LogP contribution in [-0.2, 0) is 4.74 Å². The SMILES string of the molecule is C=C(Cl)/C(=C\C=C(/C)Nc1nc(NCN2CCCC2CC)nc(NC2CN3CCC2CC3)n1)OC. The molecule has 1 aromatic rings. The van der Waals surface area contributed by atoms with E-state index in [1.165, 1.54) is 38.8 Å². The third kappa shape index (κ3) is 6.86. The van der Waals surface area contributed by atoms with Gasteiger partial charge in [-0.1, -0.05) is 25.1 Å². The molecule has 192 valence electrons. The first-order valence-corrected chi connectivity index (χ1v) is 13.1. The fraction of sp³-hybridized carbons (Fsp3) is 0.640. The van der Waals surface area contributed by atoms with E-state index in [9.17, 15) is 0 Å². The molecule has 4 aliphatic rings. The maximum Gasteiger partial charge on any atom is 0.233 e. The van der Waals surface area contributed by atoms with Gasteiger partial charge in [0.25, 0.3) is 0 Å². The number of hydrogen-bond acceptors (Lipinski definition) is 9. The van der Waals surface area contributed by atoms with E-state index in [-0.39, 0.29) is 0 Å². The van der Waals surface area contributed by atoms with E-state index in [0.29, 0.717) is 46.6 Å². The van der Waals surface area contributed by atoms with Crippen molar-refractivity contribution >= 4 is 29.4 Å². The Bertz CT molecular complexity index is 943. The number of halogens is 1. The van der Waals surface area contributed by atoms with Gasteiger partial charge in [0, 0.05) is 30.9 Å². The summed E-state index contributed by atoms with van der Waals surface area (Å²) in [6, 6.07) is 0.984. The largest absolute Gasteiger partial charge is 0.495 e. The van der Waals surface area contributed by atoms with E-state index >= 15 is 0 Å². The van der Waals surface area contributed by atoms with E-state index in [1.54, 1.807) is 13.2 Å². The van der Waals surface area contributed by atoms with Crippen molar-refractivity contribution in [2.45, 2.75) is 58.0 Å². The maximum absolute atomic E-state index is 5.96. The van der Waals surface area contributed by atoms with Crippen molar-refractivity contribution in [2.75, 3.05) is 55.9 Å². The molecule has 0 saturated carbocycles. The molecule has 3 N–H and O–H groups in total. The molecule has 4 fully saturated rings. The van der Waals surface area contributed by atoms with E-state index in [2.05, 4.69) is 44.2 Å². The van der Waals surface area contributed by atoms with Crippen LogP contribution >= 0.6 is 11.6 Å². The third-order valence-electron chi connectivity index (χ3n) is 7.30. The van der Waals surface area contributed by atoms with Crippen LogP contribution in [0.2, 0.25) is 0 Å². The van der Waals surface area contributed by atoms with Gasteiger partial charge < -0.3 is 25.6 Å². The number of methoxy groups -OCH3 is 1. The van der Waals surface area contributed by atoms with E-state index < -0.39 is 0 Å². The lowest BCUT2D eigenvalue weighted by Gasteiger charge is -2.44. The van der Waals surface area contributed by atoms with Crippen molar-refractivity contribution in [1.29, 1.82) is 0 Å². The summed E-state index contributed by atoms with van der Waals surface area (Å²) in [5, 5.41) is 10.7. The monoisotopic (exact) mass is 502 g/mol. The van der Waals surface area contributed by atoms with Crippen LogP contribution in [0.5, 0.6) is 0 Å². The van der Waals surface area contributed by atoms with Gasteiger partial charge in [-0.15, -0.1) is 0 Å². The summed E-state index contributed by atoms with van der Waals surface area (Å²) in [6.45, 7) is 13.2. The number of likely N-dealkylation sites (tertiary alicyclic amines) is 1. The number of hydrogen-bond donors (Lipinski definition) is 3. The Hall–Kier alpha value is -2.36. The molecule has 0 aromatic carbocycles. The quantitative estimate of drug-likeness (QED) is 0.304. The van der Waals surface area contributed by atoms with Gasteiger partial charge in [0.15, 0.2) is 0 Å². The van der Waals surface area contributed by atoms with Crippen LogP contribution in [0, 0.1) is 5.92 Å². The van der Waals surface area contributed by atoms with Crippen LogP contribution in [0.4, 0.5) is 17.8 Å². The molecule has 1 aromatic heterocycles. The highest BCUT2D eigenvalue weighted by atomic mass is 35.5. The molecule has 2 unspecified atom stereocenters. The van der Waals surface area contributed by atoms with Gasteiger partial charge in [0.1, 0.15) is 5.76 Å². The number of anilines is 3. The molecule has 0 aliphatic carbocycles. The topological polar surface area (TPSA) is 90.5 Å². The fourth-order valence-electron chi connectivity index (χ4n) is 5.30. The first-order chi connectivity index (χ1) is 16.9. The standard InChI is InChI=1S/C25H39ClN8O/c1-5-20-7-6-12-34(20)16-27-23-30-24(28-17(2)8-9-22(35-4)18(3)26)32-25(31-23)29-21-15-33-13-10-19(21)11-14-33/h8-9,19-21H,3,5-7,10-16H2,1-2,4H3,(H3,27,28,29,30,31,32)/b17-8+,22-9+. The first-order valence-electron chi connectivity index (χ1n) is 12.7. The molecular formula is C25H39ClN8O. The molecule has 0 spiro atoms. The van der Waals surface area contributed by atoms with Crippen LogP contribution in [0.1, 0.15) is 46.0 Å². The van der Waals surface area contributed by atoms with Crippen LogP contribution in [0.15, 0.2) is 35.2 Å². The van der Waals surface area contributed by atoms with Gasteiger partial charge in [0.2, 0.25) is 17.8 Å². The zero-order valence-electron chi connectivity index (χ0n) is 21.2. The van der Waals surface area contributed by atoms with Crippen molar-refractivity contribution in [3.63, 3.8) is 0 Å². The molecule has 4 aliphatic heterocycles. The second-order valence-corrected chi connectivity index (χ2v) is 10.1. The molecule has 4 saturated heterocycles. The zero-order chi connectivity index (χ0) is 24.8. The van der Waals surface area contributed by atoms with Crippen LogP contribution < -0.4 is 16.0 Å². The van der Waals surface area contributed by atoms with Gasteiger partial charge >= 0.3 is 0 Å². The summed E-state index contributed by atoms with van der Waals surface area (Å²) >= 11 is 5.96. The first kappa shape index (κ1) is 25.7. The molecule has 2 bridgehead atoms. The smallest absolute Gasteiger partial charge is 0.233 e. The third-order valence-corrected chi connectivity index (χ3v) is 7.48. The Morgan fingerprint density at radius 2 is 1.86 bits per heavy atom. The van der Waals surface area contributed by atoms with Gasteiger partial charge in [-0.25, -0.2) is 0 Å². The second-order valence-electron chi connectivity index (χ2n) is 9.66. The fourth-order valence-corrected chi connectivity index (χ4v) is 5.44. The van der Waals surface area contributed by atoms with Crippen LogP contribution in [0.3, 0.4) is 0 Å². The number of allylic oxidation sites excluding steroid dienone is 4. The number of fused-ring (bicyclic) bond motifs is 3. The Morgan fingerprint density at radius 1 is 1.11 bits per heavy atom. The van der Waals surface area contributed by atoms with Gasteiger partial charge in [-0.3, -0.25) is 4.90 Å². The van der Waals surface area contributed by atoms with Gasteiger partial charge in [-0.2, -0.15) is 15.0 Å². The average Bonchev–Trinajstić information content (AvgIpc) is 3.31. The minimum Gasteiger partial charge on any atom is -0.495 e. The molecule has 0 amide bonds. The average molecular weight is 503 g/mol. The summed E-state index contributed by atoms with van der Waals surface area (Å²) in [5.41, 5.74) is 0.842.